The molecule has 0 aliphatic heterocycles. The molecule has 1 amide bonds. The van der Waals surface area contributed by atoms with Crippen LogP contribution in [0.1, 0.15) is 31.4 Å². The molecule has 0 unspecified atom stereocenters. The monoisotopic (exact) mass is 515 g/mol. The number of halogens is 1. The molecule has 36 heavy (non-hydrogen) atoms. The molecule has 1 aromatic heterocycles. The first-order valence-corrected chi connectivity index (χ1v) is 13.3. The Morgan fingerprint density at radius 3 is 2.47 bits per heavy atom. The van der Waals surface area contributed by atoms with Crippen LogP contribution in [0.25, 0.3) is 16.9 Å². The second-order valence-corrected chi connectivity index (χ2v) is 10.6. The predicted octanol–water partition coefficient (Wildman–Crippen LogP) is 6.51. The summed E-state index contributed by atoms with van der Waals surface area (Å²) in [6.45, 7) is 4.26. The molecule has 0 spiro atoms. The van der Waals surface area contributed by atoms with Gasteiger partial charge in [0, 0.05) is 21.7 Å². The van der Waals surface area contributed by atoms with Crippen LogP contribution in [0.4, 0.5) is 5.69 Å². The van der Waals surface area contributed by atoms with Crippen LogP contribution in [-0.4, -0.2) is 21.2 Å². The number of benzene rings is 3. The zero-order chi connectivity index (χ0) is 25.3. The van der Waals surface area contributed by atoms with Gasteiger partial charge in [-0.05, 0) is 54.8 Å². The topological polar surface area (TPSA) is 64.0 Å². The number of amides is 1. The number of carbonyl (C=O) groups excluding carboxylic acids is 1. The van der Waals surface area contributed by atoms with E-state index in [1.165, 1.54) is 17.3 Å². The first-order chi connectivity index (χ1) is 17.4. The van der Waals surface area contributed by atoms with Crippen LogP contribution in [0.15, 0.2) is 88.8 Å². The molecule has 0 fully saturated rings. The maximum atomic E-state index is 14.2. The lowest BCUT2D eigenvalue weighted by molar-refractivity contribution is -0.113. The van der Waals surface area contributed by atoms with E-state index < -0.39 is 0 Å². The zero-order valence-corrected chi connectivity index (χ0v) is 21.7. The molecule has 0 radical (unpaired) electrons. The molecule has 1 aliphatic rings. The summed E-state index contributed by atoms with van der Waals surface area (Å²) >= 11 is 7.20. The second kappa shape index (κ2) is 9.96. The Bertz CT molecular complexity index is 1490. The molecule has 7 heteroatoms. The number of carbonyl (C=O) groups is 1. The first-order valence-electron chi connectivity index (χ1n) is 11.9. The molecular formula is C29H26ClN3O2S. The molecule has 0 bridgehead atoms. The van der Waals surface area contributed by atoms with Crippen molar-refractivity contribution in [3.05, 3.63) is 105 Å². The van der Waals surface area contributed by atoms with Gasteiger partial charge in [0.2, 0.25) is 5.91 Å². The van der Waals surface area contributed by atoms with Crippen LogP contribution in [0.2, 0.25) is 5.02 Å². The number of fused-ring (bicyclic) bond motifs is 3. The molecule has 1 N–H and O–H groups in total. The van der Waals surface area contributed by atoms with E-state index in [9.17, 15) is 9.59 Å². The molecule has 5 nitrogen and oxygen atoms in total. The number of nitrogens with zero attached hydrogens (tertiary/aromatic N) is 2. The second-order valence-electron chi connectivity index (χ2n) is 9.19. The van der Waals surface area contributed by atoms with E-state index in [1.54, 1.807) is 28.8 Å². The van der Waals surface area contributed by atoms with Crippen molar-refractivity contribution < 1.29 is 4.79 Å². The minimum atomic E-state index is -0.334. The standard InChI is InChI=1S/C29H26ClN3O2S/c1-3-29(2)17-19-9-7-8-12-23(19)26-25(29)27(35)33(22-10-5-4-6-11-22)28(32-26)36-18-24(34)31-21-15-13-20(30)14-16-21/h4-16H,3,17-18H2,1-2H3,(H,31,34)/t29-/m1/s1. The van der Waals surface area contributed by atoms with Crippen LogP contribution < -0.4 is 10.9 Å². The summed E-state index contributed by atoms with van der Waals surface area (Å²) < 4.78 is 1.65. The predicted molar refractivity (Wildman–Crippen MR) is 147 cm³/mol. The highest BCUT2D eigenvalue weighted by atomic mass is 35.5. The Hall–Kier alpha value is -3.35. The van der Waals surface area contributed by atoms with Gasteiger partial charge in [0.05, 0.1) is 22.7 Å². The molecule has 0 saturated carbocycles. The maximum absolute atomic E-state index is 14.2. The van der Waals surface area contributed by atoms with E-state index >= 15 is 0 Å². The van der Waals surface area contributed by atoms with Crippen LogP contribution >= 0.6 is 23.4 Å². The van der Waals surface area contributed by atoms with Gasteiger partial charge in [-0.15, -0.1) is 0 Å². The number of thioether (sulfide) groups is 1. The molecule has 182 valence electrons. The van der Waals surface area contributed by atoms with Crippen molar-refractivity contribution in [1.29, 1.82) is 0 Å². The highest BCUT2D eigenvalue weighted by Gasteiger charge is 2.38. The summed E-state index contributed by atoms with van der Waals surface area (Å²) in [4.78, 5) is 32.0. The fourth-order valence-electron chi connectivity index (χ4n) is 4.72. The normalized spacial score (nSPS) is 16.2. The van der Waals surface area contributed by atoms with E-state index in [0.29, 0.717) is 15.9 Å². The van der Waals surface area contributed by atoms with Crippen molar-refractivity contribution in [2.45, 2.75) is 37.3 Å². The molecule has 5 rings (SSSR count). The van der Waals surface area contributed by atoms with Gasteiger partial charge in [0.1, 0.15) is 0 Å². The average Bonchev–Trinajstić information content (AvgIpc) is 2.89. The van der Waals surface area contributed by atoms with Gasteiger partial charge in [-0.2, -0.15) is 0 Å². The van der Waals surface area contributed by atoms with Gasteiger partial charge in [0.15, 0.2) is 5.16 Å². The molecular weight excluding hydrogens is 490 g/mol. The fraction of sp³-hybridized carbons (Fsp3) is 0.207. The summed E-state index contributed by atoms with van der Waals surface area (Å²) in [5.41, 5.74) is 4.62. The minimum absolute atomic E-state index is 0.0781. The Labute approximate surface area is 219 Å². The van der Waals surface area contributed by atoms with E-state index in [-0.39, 0.29) is 22.6 Å². The maximum Gasteiger partial charge on any atom is 0.263 e. The molecule has 1 heterocycles. The first kappa shape index (κ1) is 24.3. The average molecular weight is 516 g/mol. The largest absolute Gasteiger partial charge is 0.325 e. The number of hydrogen-bond donors (Lipinski definition) is 1. The van der Waals surface area contributed by atoms with Gasteiger partial charge in [0.25, 0.3) is 5.56 Å². The Balaban J connectivity index is 1.59. The number of aromatic nitrogens is 2. The lowest BCUT2D eigenvalue weighted by Gasteiger charge is -2.35. The lowest BCUT2D eigenvalue weighted by atomic mass is 9.69. The molecule has 4 aromatic rings. The summed E-state index contributed by atoms with van der Waals surface area (Å²) in [7, 11) is 0. The lowest BCUT2D eigenvalue weighted by Crippen LogP contribution is -2.39. The smallest absolute Gasteiger partial charge is 0.263 e. The molecule has 1 atom stereocenters. The van der Waals surface area contributed by atoms with Gasteiger partial charge in [-0.1, -0.05) is 79.7 Å². The molecule has 0 saturated heterocycles. The highest BCUT2D eigenvalue weighted by molar-refractivity contribution is 7.99. The van der Waals surface area contributed by atoms with E-state index in [2.05, 4.69) is 25.2 Å². The van der Waals surface area contributed by atoms with E-state index in [0.717, 1.165) is 35.3 Å². The van der Waals surface area contributed by atoms with Gasteiger partial charge >= 0.3 is 0 Å². The Kier molecular flexibility index (Phi) is 6.73. The Morgan fingerprint density at radius 1 is 1.06 bits per heavy atom. The number of hydrogen-bond acceptors (Lipinski definition) is 4. The number of nitrogens with one attached hydrogen (secondary N) is 1. The van der Waals surface area contributed by atoms with Crippen LogP contribution in [-0.2, 0) is 16.6 Å². The van der Waals surface area contributed by atoms with E-state index in [1.807, 2.05) is 48.5 Å². The van der Waals surface area contributed by atoms with Crippen molar-refractivity contribution in [3.8, 4) is 16.9 Å². The molecule has 1 aliphatic carbocycles. The van der Waals surface area contributed by atoms with Crippen LogP contribution in [0.3, 0.4) is 0 Å². The van der Waals surface area contributed by atoms with Crippen LogP contribution in [0, 0.1) is 0 Å². The minimum Gasteiger partial charge on any atom is -0.325 e. The summed E-state index contributed by atoms with van der Waals surface area (Å²) in [5.74, 6) is -0.0828. The molecule has 3 aromatic carbocycles. The van der Waals surface area contributed by atoms with E-state index in [4.69, 9.17) is 16.6 Å². The number of para-hydroxylation sites is 1. The van der Waals surface area contributed by atoms with Crippen molar-refractivity contribution in [2.24, 2.45) is 0 Å². The van der Waals surface area contributed by atoms with Gasteiger partial charge in [-0.3, -0.25) is 14.2 Å². The summed E-state index contributed by atoms with van der Waals surface area (Å²) in [5, 5.41) is 3.98. The van der Waals surface area contributed by atoms with Gasteiger partial charge in [-0.25, -0.2) is 4.98 Å². The van der Waals surface area contributed by atoms with Crippen molar-refractivity contribution in [1.82, 2.24) is 9.55 Å². The van der Waals surface area contributed by atoms with Crippen molar-refractivity contribution in [2.75, 3.05) is 11.1 Å². The quantitative estimate of drug-likeness (QED) is 0.235. The highest BCUT2D eigenvalue weighted by Crippen LogP contribution is 2.43. The van der Waals surface area contributed by atoms with Crippen molar-refractivity contribution in [3.63, 3.8) is 0 Å². The summed E-state index contributed by atoms with van der Waals surface area (Å²) in [6, 6.07) is 24.6. The van der Waals surface area contributed by atoms with Crippen LogP contribution in [0.5, 0.6) is 0 Å². The third-order valence-corrected chi connectivity index (χ3v) is 7.95. The number of rotatable bonds is 6. The third kappa shape index (κ3) is 4.59. The summed E-state index contributed by atoms with van der Waals surface area (Å²) in [6.07, 6.45) is 1.60. The third-order valence-electron chi connectivity index (χ3n) is 6.76. The fourth-order valence-corrected chi connectivity index (χ4v) is 5.65. The van der Waals surface area contributed by atoms with Crippen molar-refractivity contribution >= 4 is 35.0 Å². The van der Waals surface area contributed by atoms with Gasteiger partial charge < -0.3 is 5.32 Å². The SMILES string of the molecule is CC[C@]1(C)Cc2ccccc2-c2nc(SCC(=O)Nc3ccc(Cl)cc3)n(-c3ccccc3)c(=O)c21. The zero-order valence-electron chi connectivity index (χ0n) is 20.1. The number of anilines is 1. The Morgan fingerprint density at radius 2 is 1.75 bits per heavy atom.